The van der Waals surface area contributed by atoms with Crippen LogP contribution in [0, 0.1) is 27.7 Å². The zero-order valence-electron chi connectivity index (χ0n) is 23.3. The molecule has 10 nitrogen and oxygen atoms in total. The minimum absolute atomic E-state index is 0.750. The molecule has 0 amide bonds. The number of hydrogen-bond acceptors (Lipinski definition) is 8. The third-order valence-electron chi connectivity index (χ3n) is 6.79. The smallest absolute Gasteiger partial charge is 0.136 e. The van der Waals surface area contributed by atoms with Gasteiger partial charge in [-0.25, -0.2) is 19.9 Å². The number of anilines is 4. The molecule has 10 heteroatoms. The summed E-state index contributed by atoms with van der Waals surface area (Å²) in [6.07, 6.45) is 3.52. The Labute approximate surface area is 227 Å². The number of aromatic nitrogens is 8. The van der Waals surface area contributed by atoms with E-state index < -0.39 is 0 Å². The van der Waals surface area contributed by atoms with Crippen LogP contribution in [0.15, 0.2) is 60.9 Å². The van der Waals surface area contributed by atoms with Gasteiger partial charge in [0.25, 0.3) is 0 Å². The van der Waals surface area contributed by atoms with Gasteiger partial charge in [0, 0.05) is 67.1 Å². The largest absolute Gasteiger partial charge is 0.340 e. The third-order valence-corrected chi connectivity index (χ3v) is 6.79. The fraction of sp³-hybridized carbons (Fsp3) is 0.241. The van der Waals surface area contributed by atoms with Gasteiger partial charge >= 0.3 is 0 Å². The molecule has 39 heavy (non-hydrogen) atoms. The Kier molecular flexibility index (Phi) is 6.93. The van der Waals surface area contributed by atoms with Crippen molar-refractivity contribution < 1.29 is 0 Å². The predicted octanol–water partition coefficient (Wildman–Crippen LogP) is 5.47. The summed E-state index contributed by atoms with van der Waals surface area (Å²) >= 11 is 0. The SMILES string of the molecule is Cc1nccc(N(C)c2ccc3c(C)n(C)nc3c2)n1.Cc1nccc(Nc2ccc3c(C)n(C)nc3c2)n1. The van der Waals surface area contributed by atoms with Gasteiger partial charge in [-0.3, -0.25) is 9.36 Å². The van der Waals surface area contributed by atoms with E-state index in [1.54, 1.807) is 12.4 Å². The quantitative estimate of drug-likeness (QED) is 0.326. The first-order valence-corrected chi connectivity index (χ1v) is 12.7. The van der Waals surface area contributed by atoms with Gasteiger partial charge in [-0.15, -0.1) is 0 Å². The zero-order chi connectivity index (χ0) is 27.7. The first kappa shape index (κ1) is 25.8. The fourth-order valence-corrected chi connectivity index (χ4v) is 4.37. The highest BCUT2D eigenvalue weighted by Gasteiger charge is 2.10. The topological polar surface area (TPSA) is 102 Å². The first-order valence-electron chi connectivity index (χ1n) is 12.7. The van der Waals surface area contributed by atoms with Crippen molar-refractivity contribution in [2.24, 2.45) is 14.1 Å². The summed E-state index contributed by atoms with van der Waals surface area (Å²) < 4.78 is 3.80. The van der Waals surface area contributed by atoms with Crippen LogP contribution in [0.3, 0.4) is 0 Å². The van der Waals surface area contributed by atoms with E-state index in [4.69, 9.17) is 0 Å². The van der Waals surface area contributed by atoms with E-state index in [1.807, 2.05) is 73.5 Å². The molecule has 2 aromatic carbocycles. The number of rotatable bonds is 4. The molecule has 0 atom stereocenters. The Hall–Kier alpha value is -4.86. The normalized spacial score (nSPS) is 10.9. The summed E-state index contributed by atoms with van der Waals surface area (Å²) in [5, 5.41) is 14.6. The molecular formula is C29H32N10. The Balaban J connectivity index is 0.000000158. The molecule has 6 aromatic rings. The molecule has 0 fully saturated rings. The maximum atomic E-state index is 4.52. The van der Waals surface area contributed by atoms with Gasteiger partial charge < -0.3 is 10.2 Å². The highest BCUT2D eigenvalue weighted by Crippen LogP contribution is 2.27. The van der Waals surface area contributed by atoms with Crippen LogP contribution in [0.5, 0.6) is 0 Å². The van der Waals surface area contributed by atoms with E-state index in [2.05, 4.69) is 73.6 Å². The number of nitrogens with zero attached hydrogens (tertiary/aromatic N) is 9. The highest BCUT2D eigenvalue weighted by atomic mass is 15.3. The van der Waals surface area contributed by atoms with Gasteiger partial charge in [0.05, 0.1) is 11.0 Å². The summed E-state index contributed by atoms with van der Waals surface area (Å²) in [7, 11) is 5.92. The Bertz CT molecular complexity index is 1780. The van der Waals surface area contributed by atoms with Gasteiger partial charge in [0.15, 0.2) is 0 Å². The van der Waals surface area contributed by atoms with E-state index in [0.717, 1.165) is 45.7 Å². The molecule has 0 bridgehead atoms. The van der Waals surface area contributed by atoms with E-state index >= 15 is 0 Å². The molecule has 198 valence electrons. The van der Waals surface area contributed by atoms with Crippen molar-refractivity contribution in [3.05, 3.63) is 84.0 Å². The molecule has 0 aliphatic carbocycles. The summed E-state index contributed by atoms with van der Waals surface area (Å²) in [6.45, 7) is 7.90. The Morgan fingerprint density at radius 1 is 0.692 bits per heavy atom. The number of fused-ring (bicyclic) bond motifs is 2. The van der Waals surface area contributed by atoms with Gasteiger partial charge in [-0.2, -0.15) is 10.2 Å². The molecule has 0 spiro atoms. The maximum absolute atomic E-state index is 4.52. The van der Waals surface area contributed by atoms with Crippen LogP contribution in [0.2, 0.25) is 0 Å². The molecule has 6 rings (SSSR count). The summed E-state index contributed by atoms with van der Waals surface area (Å²) in [5.74, 6) is 3.19. The molecule has 0 unspecified atom stereocenters. The van der Waals surface area contributed by atoms with E-state index in [0.29, 0.717) is 0 Å². The molecule has 0 radical (unpaired) electrons. The number of nitrogens with one attached hydrogen (secondary N) is 1. The van der Waals surface area contributed by atoms with Crippen molar-refractivity contribution in [3.8, 4) is 0 Å². The second-order valence-electron chi connectivity index (χ2n) is 9.49. The lowest BCUT2D eigenvalue weighted by atomic mass is 10.2. The maximum Gasteiger partial charge on any atom is 0.136 e. The molecular weight excluding hydrogens is 488 g/mol. The fourth-order valence-electron chi connectivity index (χ4n) is 4.37. The predicted molar refractivity (Wildman–Crippen MR) is 156 cm³/mol. The van der Waals surface area contributed by atoms with Crippen LogP contribution in [0.25, 0.3) is 21.8 Å². The highest BCUT2D eigenvalue weighted by molar-refractivity contribution is 5.86. The molecule has 4 heterocycles. The second-order valence-corrected chi connectivity index (χ2v) is 9.49. The van der Waals surface area contributed by atoms with Crippen LogP contribution < -0.4 is 10.2 Å². The standard InChI is InChI=1S/C15H17N5.C14H15N5/c1-10-13-6-5-12(9-14(13)18-20(10)4)19(3)15-7-8-16-11(2)17-15;1-9-12-5-4-11(8-13(12)18-19(9)3)17-14-6-7-15-10(2)16-14/h5-9H,1-4H3;4-8H,1-3H3,(H,15,16,17). The van der Waals surface area contributed by atoms with Gasteiger partial charge in [0.2, 0.25) is 0 Å². The Morgan fingerprint density at radius 3 is 1.92 bits per heavy atom. The number of aryl methyl sites for hydroxylation is 6. The molecule has 0 saturated carbocycles. The summed E-state index contributed by atoms with van der Waals surface area (Å²) in [5.41, 5.74) is 6.36. The van der Waals surface area contributed by atoms with Crippen molar-refractivity contribution in [1.29, 1.82) is 0 Å². The lowest BCUT2D eigenvalue weighted by Gasteiger charge is -2.18. The van der Waals surface area contributed by atoms with E-state index in [9.17, 15) is 0 Å². The van der Waals surface area contributed by atoms with Crippen LogP contribution in [0.4, 0.5) is 23.0 Å². The van der Waals surface area contributed by atoms with E-state index in [1.165, 1.54) is 22.2 Å². The van der Waals surface area contributed by atoms with Gasteiger partial charge in [-0.05, 0) is 76.2 Å². The molecule has 0 saturated heterocycles. The molecule has 4 aromatic heterocycles. The van der Waals surface area contributed by atoms with Gasteiger partial charge in [0.1, 0.15) is 23.3 Å². The van der Waals surface area contributed by atoms with Crippen molar-refractivity contribution in [2.75, 3.05) is 17.3 Å². The molecule has 0 aliphatic heterocycles. The monoisotopic (exact) mass is 520 g/mol. The average molecular weight is 521 g/mol. The van der Waals surface area contributed by atoms with Crippen molar-refractivity contribution >= 4 is 44.8 Å². The molecule has 1 N–H and O–H groups in total. The Morgan fingerprint density at radius 2 is 1.28 bits per heavy atom. The van der Waals surface area contributed by atoms with Crippen LogP contribution in [0.1, 0.15) is 23.0 Å². The minimum Gasteiger partial charge on any atom is -0.340 e. The van der Waals surface area contributed by atoms with Crippen molar-refractivity contribution in [3.63, 3.8) is 0 Å². The second kappa shape index (κ2) is 10.5. The molecule has 0 aliphatic rings. The number of benzene rings is 2. The summed E-state index contributed by atoms with van der Waals surface area (Å²) in [4.78, 5) is 19.0. The first-order chi connectivity index (χ1) is 18.7. The zero-order valence-corrected chi connectivity index (χ0v) is 23.3. The van der Waals surface area contributed by atoms with Crippen LogP contribution in [-0.2, 0) is 14.1 Å². The third kappa shape index (κ3) is 5.40. The number of hydrogen-bond donors (Lipinski definition) is 1. The van der Waals surface area contributed by atoms with Crippen LogP contribution in [-0.4, -0.2) is 46.5 Å². The van der Waals surface area contributed by atoms with Crippen molar-refractivity contribution in [1.82, 2.24) is 39.5 Å². The average Bonchev–Trinajstić information content (AvgIpc) is 3.36. The van der Waals surface area contributed by atoms with Gasteiger partial charge in [-0.1, -0.05) is 0 Å². The summed E-state index contributed by atoms with van der Waals surface area (Å²) in [6, 6.07) is 16.2. The lowest BCUT2D eigenvalue weighted by Crippen LogP contribution is -2.11. The van der Waals surface area contributed by atoms with E-state index in [-0.39, 0.29) is 0 Å². The lowest BCUT2D eigenvalue weighted by molar-refractivity contribution is 0.751. The van der Waals surface area contributed by atoms with Crippen molar-refractivity contribution in [2.45, 2.75) is 27.7 Å². The van der Waals surface area contributed by atoms with Crippen LogP contribution >= 0.6 is 0 Å². The minimum atomic E-state index is 0.750.